The first-order valence-corrected chi connectivity index (χ1v) is 11.8. The molecule has 1 aliphatic rings. The van der Waals surface area contributed by atoms with Crippen LogP contribution >= 0.6 is 23.1 Å². The molecule has 1 aliphatic heterocycles. The summed E-state index contributed by atoms with van der Waals surface area (Å²) in [4.78, 5) is 32.1. The Bertz CT molecular complexity index is 1470. The summed E-state index contributed by atoms with van der Waals surface area (Å²) in [5, 5.41) is 5.93. The summed E-state index contributed by atoms with van der Waals surface area (Å²) < 4.78 is 1.46. The second-order valence-electron chi connectivity index (χ2n) is 7.67. The van der Waals surface area contributed by atoms with E-state index < -0.39 is 0 Å². The van der Waals surface area contributed by atoms with E-state index in [-0.39, 0.29) is 11.5 Å². The van der Waals surface area contributed by atoms with Crippen molar-refractivity contribution in [3.8, 4) is 0 Å². The normalized spacial score (nSPS) is 12.8. The number of thiophene rings is 1. The van der Waals surface area contributed by atoms with Gasteiger partial charge in [0, 0.05) is 11.1 Å². The van der Waals surface area contributed by atoms with Gasteiger partial charge in [-0.2, -0.15) is 4.68 Å². The van der Waals surface area contributed by atoms with Gasteiger partial charge in [-0.15, -0.1) is 11.3 Å². The molecule has 0 atom stereocenters. The summed E-state index contributed by atoms with van der Waals surface area (Å²) in [5.74, 6) is -0.233. The highest BCUT2D eigenvalue weighted by atomic mass is 32.2. The predicted molar refractivity (Wildman–Crippen MR) is 132 cm³/mol. The molecule has 4 aromatic rings. The summed E-state index contributed by atoms with van der Waals surface area (Å²) in [7, 11) is 0. The summed E-state index contributed by atoms with van der Waals surface area (Å²) in [5.41, 5.74) is 8.30. The van der Waals surface area contributed by atoms with Gasteiger partial charge in [0.2, 0.25) is 0 Å². The zero-order chi connectivity index (χ0) is 22.4. The summed E-state index contributed by atoms with van der Waals surface area (Å²) in [6.07, 6.45) is 0. The number of amides is 1. The van der Waals surface area contributed by atoms with Crippen LogP contribution < -0.4 is 16.3 Å². The van der Waals surface area contributed by atoms with Gasteiger partial charge in [-0.1, -0.05) is 59.8 Å². The van der Waals surface area contributed by atoms with E-state index in [0.717, 1.165) is 28.1 Å². The van der Waals surface area contributed by atoms with Crippen LogP contribution in [-0.4, -0.2) is 15.6 Å². The summed E-state index contributed by atoms with van der Waals surface area (Å²) in [6, 6.07) is 15.7. The SMILES string of the molecule is Cc1ccc(NC(=O)c2sc3nc4n(c(=O)c3c2C)NC(c2ccccc2)=CS4)c(C)c1. The number of rotatable bonds is 3. The standard InChI is InChI=1S/C24H20N4O2S2/c1-13-9-10-17(14(2)11-13)25-21(29)20-15(3)19-22(32-20)26-24-28(23(19)30)27-18(12-31-24)16-7-5-4-6-8-16/h4-12,27H,1-3H3,(H,25,29). The van der Waals surface area contributed by atoms with Crippen molar-refractivity contribution in [1.29, 1.82) is 0 Å². The highest BCUT2D eigenvalue weighted by molar-refractivity contribution is 8.02. The first-order valence-electron chi connectivity index (χ1n) is 10.1. The molecule has 0 saturated carbocycles. The quantitative estimate of drug-likeness (QED) is 0.407. The lowest BCUT2D eigenvalue weighted by Gasteiger charge is -2.20. The lowest BCUT2D eigenvalue weighted by Crippen LogP contribution is -2.32. The Morgan fingerprint density at radius 1 is 1.09 bits per heavy atom. The molecule has 3 heterocycles. The molecule has 0 fully saturated rings. The molecule has 0 radical (unpaired) electrons. The van der Waals surface area contributed by atoms with Crippen LogP contribution in [0.3, 0.4) is 0 Å². The minimum atomic E-state index is -0.233. The number of hydrogen-bond acceptors (Lipinski definition) is 6. The van der Waals surface area contributed by atoms with E-state index in [1.54, 1.807) is 6.92 Å². The number of hydrogen-bond donors (Lipinski definition) is 2. The van der Waals surface area contributed by atoms with Crippen molar-refractivity contribution in [2.45, 2.75) is 25.9 Å². The number of aryl methyl sites for hydroxylation is 3. The molecule has 2 N–H and O–H groups in total. The Kier molecular flexibility index (Phi) is 5.11. The second kappa shape index (κ2) is 7.96. The number of carbonyl (C=O) groups is 1. The molecule has 2 aromatic carbocycles. The number of fused-ring (bicyclic) bond motifs is 2. The lowest BCUT2D eigenvalue weighted by molar-refractivity contribution is 0.103. The largest absolute Gasteiger partial charge is 0.321 e. The summed E-state index contributed by atoms with van der Waals surface area (Å²) >= 11 is 2.63. The van der Waals surface area contributed by atoms with E-state index in [4.69, 9.17) is 0 Å². The molecule has 2 aromatic heterocycles. The zero-order valence-corrected chi connectivity index (χ0v) is 19.4. The minimum absolute atomic E-state index is 0.210. The van der Waals surface area contributed by atoms with E-state index in [9.17, 15) is 9.59 Å². The van der Waals surface area contributed by atoms with Gasteiger partial charge in [0.1, 0.15) is 4.83 Å². The van der Waals surface area contributed by atoms with Crippen molar-refractivity contribution in [3.05, 3.63) is 91.4 Å². The van der Waals surface area contributed by atoms with Crippen LogP contribution in [0.25, 0.3) is 15.9 Å². The first-order chi connectivity index (χ1) is 15.4. The van der Waals surface area contributed by atoms with Crippen molar-refractivity contribution in [2.24, 2.45) is 0 Å². The molecule has 0 spiro atoms. The van der Waals surface area contributed by atoms with Crippen molar-refractivity contribution in [2.75, 3.05) is 10.7 Å². The molecule has 0 bridgehead atoms. The molecule has 160 valence electrons. The monoisotopic (exact) mass is 460 g/mol. The van der Waals surface area contributed by atoms with Gasteiger partial charge in [0.05, 0.1) is 16.0 Å². The molecule has 5 rings (SSSR count). The number of nitrogens with zero attached hydrogens (tertiary/aromatic N) is 2. The Hall–Kier alpha value is -3.36. The average Bonchev–Trinajstić information content (AvgIpc) is 3.13. The highest BCUT2D eigenvalue weighted by Gasteiger charge is 2.24. The molecule has 6 nitrogen and oxygen atoms in total. The van der Waals surface area contributed by atoms with Gasteiger partial charge in [0.25, 0.3) is 11.5 Å². The van der Waals surface area contributed by atoms with Crippen LogP contribution in [0.2, 0.25) is 0 Å². The fraction of sp³-hybridized carbons (Fsp3) is 0.125. The van der Waals surface area contributed by atoms with Gasteiger partial charge in [-0.05, 0) is 43.5 Å². The average molecular weight is 461 g/mol. The third kappa shape index (κ3) is 3.51. The third-order valence-electron chi connectivity index (χ3n) is 5.37. The number of aromatic nitrogens is 2. The maximum absolute atomic E-state index is 13.4. The van der Waals surface area contributed by atoms with Crippen LogP contribution in [0.4, 0.5) is 5.69 Å². The molecule has 1 amide bonds. The Morgan fingerprint density at radius 3 is 2.62 bits per heavy atom. The lowest BCUT2D eigenvalue weighted by atomic mass is 10.1. The zero-order valence-electron chi connectivity index (χ0n) is 17.7. The van der Waals surface area contributed by atoms with E-state index in [1.165, 1.54) is 27.8 Å². The molecule has 8 heteroatoms. The number of anilines is 1. The van der Waals surface area contributed by atoms with Gasteiger partial charge >= 0.3 is 0 Å². The molecular formula is C24H20N4O2S2. The second-order valence-corrected chi connectivity index (χ2v) is 9.51. The molecule has 0 unspecified atom stereocenters. The number of nitrogens with one attached hydrogen (secondary N) is 2. The number of carbonyl (C=O) groups excluding carboxylic acids is 1. The Labute approximate surface area is 193 Å². The van der Waals surface area contributed by atoms with E-state index in [1.807, 2.05) is 67.8 Å². The van der Waals surface area contributed by atoms with Crippen molar-refractivity contribution >= 4 is 50.6 Å². The highest BCUT2D eigenvalue weighted by Crippen LogP contribution is 2.33. The third-order valence-corrected chi connectivity index (χ3v) is 7.39. The topological polar surface area (TPSA) is 76.0 Å². The Balaban J connectivity index is 1.52. The van der Waals surface area contributed by atoms with Gasteiger partial charge < -0.3 is 5.32 Å². The minimum Gasteiger partial charge on any atom is -0.321 e. The van der Waals surface area contributed by atoms with E-state index >= 15 is 0 Å². The van der Waals surface area contributed by atoms with Crippen molar-refractivity contribution in [3.63, 3.8) is 0 Å². The van der Waals surface area contributed by atoms with Crippen LogP contribution in [0.15, 0.2) is 63.9 Å². The van der Waals surface area contributed by atoms with Crippen LogP contribution in [0, 0.1) is 20.8 Å². The first kappa shape index (κ1) is 20.5. The van der Waals surface area contributed by atoms with Crippen LogP contribution in [0.1, 0.15) is 31.9 Å². The van der Waals surface area contributed by atoms with E-state index in [0.29, 0.717) is 25.8 Å². The maximum Gasteiger partial charge on any atom is 0.282 e. The smallest absolute Gasteiger partial charge is 0.282 e. The predicted octanol–water partition coefficient (Wildman–Crippen LogP) is 5.28. The van der Waals surface area contributed by atoms with Crippen LogP contribution in [-0.2, 0) is 0 Å². The summed E-state index contributed by atoms with van der Waals surface area (Å²) in [6.45, 7) is 5.78. The molecule has 32 heavy (non-hydrogen) atoms. The molecular weight excluding hydrogens is 440 g/mol. The molecule has 0 aliphatic carbocycles. The fourth-order valence-electron chi connectivity index (χ4n) is 3.70. The van der Waals surface area contributed by atoms with Gasteiger partial charge in [-0.25, -0.2) is 4.98 Å². The number of benzene rings is 2. The Morgan fingerprint density at radius 2 is 1.88 bits per heavy atom. The fourth-order valence-corrected chi connectivity index (χ4v) is 5.61. The number of thioether (sulfide) groups is 1. The van der Waals surface area contributed by atoms with Crippen LogP contribution in [0.5, 0.6) is 0 Å². The van der Waals surface area contributed by atoms with E-state index in [2.05, 4.69) is 15.7 Å². The molecule has 0 saturated heterocycles. The van der Waals surface area contributed by atoms with Crippen molar-refractivity contribution in [1.82, 2.24) is 9.66 Å². The maximum atomic E-state index is 13.4. The van der Waals surface area contributed by atoms with Crippen molar-refractivity contribution < 1.29 is 4.79 Å². The van der Waals surface area contributed by atoms with Gasteiger partial charge in [0.15, 0.2) is 5.16 Å². The van der Waals surface area contributed by atoms with Gasteiger partial charge in [-0.3, -0.25) is 15.0 Å².